The van der Waals surface area contributed by atoms with Crippen LogP contribution in [-0.2, 0) is 36.0 Å². The maximum Gasteiger partial charge on any atom is 0.338 e. The van der Waals surface area contributed by atoms with E-state index in [0.29, 0.717) is 42.6 Å². The van der Waals surface area contributed by atoms with Crippen molar-refractivity contribution in [3.8, 4) is 0 Å². The molecule has 49 heavy (non-hydrogen) atoms. The second kappa shape index (κ2) is 15.2. The fourth-order valence-corrected chi connectivity index (χ4v) is 8.09. The molecule has 2 aromatic carbocycles. The van der Waals surface area contributed by atoms with Gasteiger partial charge in [0.1, 0.15) is 12.4 Å². The Hall–Kier alpha value is -4.75. The number of aryl methyl sites for hydroxylation is 1. The number of esters is 1. The fraction of sp³-hybridized carbons (Fsp3) is 0.306. The van der Waals surface area contributed by atoms with E-state index in [9.17, 15) is 26.7 Å². The number of sulfonamides is 2. The number of rotatable bonds is 15. The van der Waals surface area contributed by atoms with Crippen molar-refractivity contribution in [1.29, 1.82) is 0 Å². The molecule has 0 spiro atoms. The van der Waals surface area contributed by atoms with Crippen molar-refractivity contribution < 1.29 is 31.5 Å². The molecule has 11 nitrogen and oxygen atoms in total. The summed E-state index contributed by atoms with van der Waals surface area (Å²) in [6.45, 7) is 3.95. The summed E-state index contributed by atoms with van der Waals surface area (Å²) in [5, 5.41) is 11.8. The van der Waals surface area contributed by atoms with Gasteiger partial charge < -0.3 is 9.84 Å². The number of pyridine rings is 2. The van der Waals surface area contributed by atoms with E-state index < -0.39 is 37.3 Å². The predicted molar refractivity (Wildman–Crippen MR) is 187 cm³/mol. The van der Waals surface area contributed by atoms with E-state index in [1.807, 2.05) is 19.9 Å². The zero-order valence-corrected chi connectivity index (χ0v) is 29.0. The first-order valence-electron chi connectivity index (χ1n) is 16.2. The van der Waals surface area contributed by atoms with E-state index in [1.165, 1.54) is 24.5 Å². The Morgan fingerprint density at radius 1 is 0.816 bits per heavy atom. The Morgan fingerprint density at radius 2 is 1.43 bits per heavy atom. The lowest BCUT2D eigenvalue weighted by molar-refractivity contribution is -0.147. The van der Waals surface area contributed by atoms with E-state index in [2.05, 4.69) is 19.4 Å². The van der Waals surface area contributed by atoms with Gasteiger partial charge in [0.05, 0.1) is 11.0 Å². The van der Waals surface area contributed by atoms with E-state index in [4.69, 9.17) is 4.74 Å². The van der Waals surface area contributed by atoms with Crippen molar-refractivity contribution in [2.24, 2.45) is 5.41 Å². The van der Waals surface area contributed by atoms with Gasteiger partial charge in [0.2, 0.25) is 0 Å². The summed E-state index contributed by atoms with van der Waals surface area (Å²) in [6, 6.07) is 23.1. The van der Waals surface area contributed by atoms with Crippen molar-refractivity contribution in [1.82, 2.24) is 9.97 Å². The number of ether oxygens (including phenoxy) is 1. The number of cyclic esters (lactones) is 1. The number of unbranched alkanes of at least 4 members (excludes halogenated alkanes) is 1. The van der Waals surface area contributed by atoms with E-state index in [1.54, 1.807) is 66.7 Å². The number of benzene rings is 2. The van der Waals surface area contributed by atoms with Crippen molar-refractivity contribution in [3.63, 3.8) is 0 Å². The summed E-state index contributed by atoms with van der Waals surface area (Å²) in [5.41, 5.74) is 1.44. The van der Waals surface area contributed by atoms with E-state index >= 15 is 0 Å². The standard InChI is InChI=1S/C36H40N4O7S2/c1-3-5-19-36(20-18-26-12-10-14-28(23-26)39-48(43,44)31-16-6-8-21-37-31)25-47-35(42)33(34(36)41)30(4-2)27-13-11-15-29(24-27)40-49(45,46)32-17-7-9-22-38-32/h6-17,21-24,30,39-41H,3-5,18-20,25H2,1-2H3. The molecule has 3 heterocycles. The van der Waals surface area contributed by atoms with E-state index in [0.717, 1.165) is 18.4 Å². The third-order valence-corrected chi connectivity index (χ3v) is 11.3. The molecular formula is C36H40N4O7S2. The van der Waals surface area contributed by atoms with Crippen molar-refractivity contribution in [2.75, 3.05) is 16.1 Å². The first-order valence-corrected chi connectivity index (χ1v) is 19.1. The van der Waals surface area contributed by atoms with Gasteiger partial charge in [0.25, 0.3) is 20.0 Å². The normalized spacial score (nSPS) is 17.3. The number of aromatic nitrogens is 2. The Bertz CT molecular complexity index is 2020. The number of anilines is 2. The summed E-state index contributed by atoms with van der Waals surface area (Å²) in [4.78, 5) is 21.3. The number of aliphatic hydroxyl groups excluding tert-OH is 1. The summed E-state index contributed by atoms with van der Waals surface area (Å²) >= 11 is 0. The van der Waals surface area contributed by atoms with Crippen LogP contribution in [0.1, 0.15) is 63.0 Å². The van der Waals surface area contributed by atoms with Crippen molar-refractivity contribution in [3.05, 3.63) is 120 Å². The second-order valence-corrected chi connectivity index (χ2v) is 15.3. The topological polar surface area (TPSA) is 165 Å². The molecule has 0 aliphatic carbocycles. The molecule has 258 valence electrons. The molecule has 0 saturated heterocycles. The monoisotopic (exact) mass is 704 g/mol. The Labute approximate surface area is 287 Å². The number of aliphatic hydroxyl groups is 1. The molecule has 1 aliphatic heterocycles. The van der Waals surface area contributed by atoms with Gasteiger partial charge in [-0.25, -0.2) is 14.8 Å². The highest BCUT2D eigenvalue weighted by Crippen LogP contribution is 2.46. The summed E-state index contributed by atoms with van der Waals surface area (Å²) in [6.07, 6.45) is 6.36. The van der Waals surface area contributed by atoms with Gasteiger partial charge in [0, 0.05) is 29.7 Å². The minimum atomic E-state index is -3.95. The summed E-state index contributed by atoms with van der Waals surface area (Å²) < 4.78 is 62.6. The van der Waals surface area contributed by atoms with Gasteiger partial charge in [-0.3, -0.25) is 9.44 Å². The number of nitrogens with one attached hydrogen (secondary N) is 2. The van der Waals surface area contributed by atoms with Crippen LogP contribution in [0.2, 0.25) is 0 Å². The Balaban J connectivity index is 1.42. The highest BCUT2D eigenvalue weighted by Gasteiger charge is 2.45. The lowest BCUT2D eigenvalue weighted by Crippen LogP contribution is -2.39. The molecule has 0 fully saturated rings. The highest BCUT2D eigenvalue weighted by atomic mass is 32.2. The fourth-order valence-electron chi connectivity index (χ4n) is 6.09. The van der Waals surface area contributed by atoms with Crippen LogP contribution in [0.4, 0.5) is 11.4 Å². The number of nitrogens with zero attached hydrogens (tertiary/aromatic N) is 2. The van der Waals surface area contributed by atoms with Crippen LogP contribution in [0.5, 0.6) is 0 Å². The lowest BCUT2D eigenvalue weighted by Gasteiger charge is -2.39. The van der Waals surface area contributed by atoms with Crippen LogP contribution in [0.15, 0.2) is 119 Å². The minimum absolute atomic E-state index is 0.00745. The van der Waals surface area contributed by atoms with Gasteiger partial charge >= 0.3 is 5.97 Å². The average molecular weight is 705 g/mol. The zero-order chi connectivity index (χ0) is 35.1. The van der Waals surface area contributed by atoms with Crippen LogP contribution in [0.25, 0.3) is 0 Å². The molecule has 2 atom stereocenters. The van der Waals surface area contributed by atoms with Crippen LogP contribution >= 0.6 is 0 Å². The van der Waals surface area contributed by atoms with Gasteiger partial charge in [-0.2, -0.15) is 16.8 Å². The minimum Gasteiger partial charge on any atom is -0.511 e. The largest absolute Gasteiger partial charge is 0.511 e. The number of hydrogen-bond donors (Lipinski definition) is 3. The molecule has 4 aromatic rings. The van der Waals surface area contributed by atoms with Crippen molar-refractivity contribution >= 4 is 37.4 Å². The highest BCUT2D eigenvalue weighted by molar-refractivity contribution is 7.93. The van der Waals surface area contributed by atoms with Crippen LogP contribution in [-0.4, -0.2) is 44.5 Å². The third kappa shape index (κ3) is 8.28. The first kappa shape index (κ1) is 35.6. The maximum atomic E-state index is 13.4. The molecule has 2 unspecified atom stereocenters. The molecule has 0 bridgehead atoms. The van der Waals surface area contributed by atoms with Gasteiger partial charge in [-0.15, -0.1) is 0 Å². The van der Waals surface area contributed by atoms with Gasteiger partial charge in [-0.1, -0.05) is 63.1 Å². The molecular weight excluding hydrogens is 665 g/mol. The number of carbonyl (C=O) groups is 1. The summed E-state index contributed by atoms with van der Waals surface area (Å²) in [5.74, 6) is -1.20. The number of hydrogen-bond acceptors (Lipinski definition) is 9. The molecule has 3 N–H and O–H groups in total. The average Bonchev–Trinajstić information content (AvgIpc) is 3.10. The lowest BCUT2D eigenvalue weighted by atomic mass is 9.71. The predicted octanol–water partition coefficient (Wildman–Crippen LogP) is 6.75. The molecule has 13 heteroatoms. The van der Waals surface area contributed by atoms with Crippen LogP contribution in [0, 0.1) is 5.41 Å². The second-order valence-electron chi connectivity index (χ2n) is 12.1. The van der Waals surface area contributed by atoms with Crippen LogP contribution in [0.3, 0.4) is 0 Å². The van der Waals surface area contributed by atoms with Gasteiger partial charge in [-0.05, 0) is 85.3 Å². The SMILES string of the molecule is CCCCC1(CCc2cccc(NS(=O)(=O)c3ccccn3)c2)COC(=O)C(C(CC)c2cccc(NS(=O)(=O)c3ccccn3)c2)=C1O. The maximum absolute atomic E-state index is 13.4. The smallest absolute Gasteiger partial charge is 0.338 e. The zero-order valence-electron chi connectivity index (χ0n) is 27.4. The molecule has 0 radical (unpaired) electrons. The first-order chi connectivity index (χ1) is 23.5. The Morgan fingerprint density at radius 3 is 2.00 bits per heavy atom. The molecule has 1 aliphatic rings. The van der Waals surface area contributed by atoms with Crippen LogP contribution < -0.4 is 9.44 Å². The van der Waals surface area contributed by atoms with Crippen molar-refractivity contribution in [2.45, 2.75) is 68.3 Å². The molecule has 2 aromatic heterocycles. The Kier molecular flexibility index (Phi) is 11.0. The van der Waals surface area contributed by atoms with Gasteiger partial charge in [0.15, 0.2) is 10.1 Å². The molecule has 0 saturated carbocycles. The number of carbonyl (C=O) groups excluding carboxylic acids is 1. The molecule has 0 amide bonds. The molecule has 5 rings (SSSR count). The van der Waals surface area contributed by atoms with E-state index in [-0.39, 0.29) is 28.0 Å². The summed E-state index contributed by atoms with van der Waals surface area (Å²) in [7, 11) is -7.84. The quantitative estimate of drug-likeness (QED) is 0.114. The third-order valence-electron chi connectivity index (χ3n) is 8.66.